The SMILES string of the molecule is FC(F)Oc1ccccc1Nc1cccc(Br)n1. The average molecular weight is 315 g/mol. The van der Waals surface area contributed by atoms with Gasteiger partial charge < -0.3 is 10.1 Å². The van der Waals surface area contributed by atoms with Gasteiger partial charge in [-0.05, 0) is 40.2 Å². The molecule has 0 amide bonds. The molecular formula is C12H9BrF2N2O. The van der Waals surface area contributed by atoms with Crippen LogP contribution in [0, 0.1) is 0 Å². The Morgan fingerprint density at radius 3 is 2.61 bits per heavy atom. The fraction of sp³-hybridized carbons (Fsp3) is 0.0833. The molecule has 0 aliphatic rings. The van der Waals surface area contributed by atoms with Crippen molar-refractivity contribution in [2.45, 2.75) is 6.61 Å². The Morgan fingerprint density at radius 1 is 1.11 bits per heavy atom. The van der Waals surface area contributed by atoms with E-state index in [1.807, 2.05) is 0 Å². The van der Waals surface area contributed by atoms with Crippen molar-refractivity contribution in [3.8, 4) is 5.75 Å². The number of pyridine rings is 1. The van der Waals surface area contributed by atoms with E-state index in [0.29, 0.717) is 16.1 Å². The number of hydrogen-bond acceptors (Lipinski definition) is 3. The average Bonchev–Trinajstić information content (AvgIpc) is 2.31. The number of halogens is 3. The lowest BCUT2D eigenvalue weighted by Gasteiger charge is -2.11. The van der Waals surface area contributed by atoms with Crippen molar-refractivity contribution in [1.29, 1.82) is 0 Å². The van der Waals surface area contributed by atoms with Crippen molar-refractivity contribution < 1.29 is 13.5 Å². The molecule has 0 atom stereocenters. The first-order valence-electron chi connectivity index (χ1n) is 5.08. The van der Waals surface area contributed by atoms with Crippen molar-refractivity contribution in [2.24, 2.45) is 0 Å². The van der Waals surface area contributed by atoms with Crippen LogP contribution in [0.3, 0.4) is 0 Å². The van der Waals surface area contributed by atoms with Gasteiger partial charge in [0.25, 0.3) is 0 Å². The van der Waals surface area contributed by atoms with E-state index in [-0.39, 0.29) is 5.75 Å². The fourth-order valence-electron chi connectivity index (χ4n) is 1.38. The maximum Gasteiger partial charge on any atom is 0.387 e. The zero-order valence-electron chi connectivity index (χ0n) is 9.11. The molecule has 2 aromatic rings. The van der Waals surface area contributed by atoms with Gasteiger partial charge in [0.05, 0.1) is 5.69 Å². The molecule has 1 N–H and O–H groups in total. The number of benzene rings is 1. The van der Waals surface area contributed by atoms with Gasteiger partial charge in [-0.1, -0.05) is 18.2 Å². The number of anilines is 2. The summed E-state index contributed by atoms with van der Waals surface area (Å²) in [5.74, 6) is 0.615. The Bertz CT molecular complexity index is 537. The highest BCUT2D eigenvalue weighted by atomic mass is 79.9. The van der Waals surface area contributed by atoms with E-state index in [4.69, 9.17) is 0 Å². The topological polar surface area (TPSA) is 34.1 Å². The van der Waals surface area contributed by atoms with Gasteiger partial charge in [-0.25, -0.2) is 4.98 Å². The first-order chi connectivity index (χ1) is 8.65. The number of ether oxygens (including phenoxy) is 1. The van der Waals surface area contributed by atoms with Crippen molar-refractivity contribution in [3.05, 3.63) is 47.1 Å². The second-order valence-corrected chi connectivity index (χ2v) is 4.16. The van der Waals surface area contributed by atoms with Gasteiger partial charge in [-0.15, -0.1) is 0 Å². The minimum Gasteiger partial charge on any atom is -0.433 e. The number of hydrogen-bond donors (Lipinski definition) is 1. The molecule has 0 bridgehead atoms. The number of nitrogens with one attached hydrogen (secondary N) is 1. The molecule has 1 aromatic carbocycles. The Hall–Kier alpha value is -1.69. The second kappa shape index (κ2) is 5.77. The van der Waals surface area contributed by atoms with E-state index in [1.165, 1.54) is 6.07 Å². The van der Waals surface area contributed by atoms with E-state index < -0.39 is 6.61 Å². The Labute approximate surface area is 111 Å². The Morgan fingerprint density at radius 2 is 1.89 bits per heavy atom. The van der Waals surface area contributed by atoms with Crippen LogP contribution in [0.5, 0.6) is 5.75 Å². The highest BCUT2D eigenvalue weighted by molar-refractivity contribution is 9.10. The van der Waals surface area contributed by atoms with Crippen LogP contribution >= 0.6 is 15.9 Å². The number of para-hydroxylation sites is 2. The van der Waals surface area contributed by atoms with Gasteiger partial charge in [0.2, 0.25) is 0 Å². The van der Waals surface area contributed by atoms with Crippen LogP contribution in [0.15, 0.2) is 47.1 Å². The van der Waals surface area contributed by atoms with Crippen LogP contribution in [-0.2, 0) is 0 Å². The molecule has 0 fully saturated rings. The molecule has 2 rings (SSSR count). The third kappa shape index (κ3) is 3.40. The van der Waals surface area contributed by atoms with Crippen LogP contribution in [-0.4, -0.2) is 11.6 Å². The number of alkyl halides is 2. The zero-order valence-corrected chi connectivity index (χ0v) is 10.7. The summed E-state index contributed by atoms with van der Waals surface area (Å²) in [6, 6.07) is 11.7. The first-order valence-corrected chi connectivity index (χ1v) is 5.88. The van der Waals surface area contributed by atoms with E-state index in [2.05, 4.69) is 31.0 Å². The second-order valence-electron chi connectivity index (χ2n) is 3.35. The summed E-state index contributed by atoms with van der Waals surface area (Å²) in [6.07, 6.45) is 0. The summed E-state index contributed by atoms with van der Waals surface area (Å²) in [5.41, 5.74) is 0.434. The van der Waals surface area contributed by atoms with Gasteiger partial charge in [-0.2, -0.15) is 8.78 Å². The lowest BCUT2D eigenvalue weighted by atomic mass is 10.3. The molecular weight excluding hydrogens is 306 g/mol. The normalized spacial score (nSPS) is 10.4. The Balaban J connectivity index is 2.23. The first kappa shape index (κ1) is 12.8. The minimum absolute atomic E-state index is 0.0780. The summed E-state index contributed by atoms with van der Waals surface area (Å²) in [6.45, 7) is -2.86. The van der Waals surface area contributed by atoms with Crippen molar-refractivity contribution >= 4 is 27.4 Å². The summed E-state index contributed by atoms with van der Waals surface area (Å²) in [5, 5.41) is 2.92. The van der Waals surface area contributed by atoms with Crippen molar-refractivity contribution in [3.63, 3.8) is 0 Å². The van der Waals surface area contributed by atoms with Crippen molar-refractivity contribution in [2.75, 3.05) is 5.32 Å². The van der Waals surface area contributed by atoms with Crippen LogP contribution in [0.1, 0.15) is 0 Å². The Kier molecular flexibility index (Phi) is 4.09. The molecule has 0 aliphatic heterocycles. The predicted molar refractivity (Wildman–Crippen MR) is 68.3 cm³/mol. The van der Waals surface area contributed by atoms with Gasteiger partial charge in [0.1, 0.15) is 16.2 Å². The molecule has 0 radical (unpaired) electrons. The molecule has 18 heavy (non-hydrogen) atoms. The van der Waals surface area contributed by atoms with Crippen LogP contribution in [0.4, 0.5) is 20.3 Å². The lowest BCUT2D eigenvalue weighted by molar-refractivity contribution is -0.0493. The largest absolute Gasteiger partial charge is 0.433 e. The summed E-state index contributed by atoms with van der Waals surface area (Å²) >= 11 is 3.23. The van der Waals surface area contributed by atoms with Gasteiger partial charge in [0, 0.05) is 0 Å². The van der Waals surface area contributed by atoms with Gasteiger partial charge in [0.15, 0.2) is 0 Å². The molecule has 0 saturated carbocycles. The van der Waals surface area contributed by atoms with E-state index in [0.717, 1.165) is 0 Å². The fourth-order valence-corrected chi connectivity index (χ4v) is 1.73. The monoisotopic (exact) mass is 314 g/mol. The molecule has 1 heterocycles. The molecule has 0 unspecified atom stereocenters. The van der Waals surface area contributed by atoms with Crippen LogP contribution in [0.25, 0.3) is 0 Å². The van der Waals surface area contributed by atoms with E-state index in [9.17, 15) is 8.78 Å². The summed E-state index contributed by atoms with van der Waals surface area (Å²) in [7, 11) is 0. The quantitative estimate of drug-likeness (QED) is 0.859. The van der Waals surface area contributed by atoms with Gasteiger partial charge >= 0.3 is 6.61 Å². The summed E-state index contributed by atoms with van der Waals surface area (Å²) in [4.78, 5) is 4.15. The molecule has 0 aliphatic carbocycles. The molecule has 1 aromatic heterocycles. The van der Waals surface area contributed by atoms with E-state index >= 15 is 0 Å². The standard InChI is InChI=1S/C12H9BrF2N2O/c13-10-6-3-7-11(17-10)16-8-4-1-2-5-9(8)18-12(14)15/h1-7,12H,(H,16,17). The molecule has 3 nitrogen and oxygen atoms in total. The van der Waals surface area contributed by atoms with Crippen LogP contribution in [0.2, 0.25) is 0 Å². The zero-order chi connectivity index (χ0) is 13.0. The predicted octanol–water partition coefficient (Wildman–Crippen LogP) is 4.19. The molecule has 0 spiro atoms. The number of rotatable bonds is 4. The molecule has 0 saturated heterocycles. The lowest BCUT2D eigenvalue weighted by Crippen LogP contribution is -2.04. The third-order valence-electron chi connectivity index (χ3n) is 2.08. The molecule has 6 heteroatoms. The number of nitrogens with zero attached hydrogens (tertiary/aromatic N) is 1. The van der Waals surface area contributed by atoms with Gasteiger partial charge in [-0.3, -0.25) is 0 Å². The summed E-state index contributed by atoms with van der Waals surface area (Å²) < 4.78 is 29.5. The van der Waals surface area contributed by atoms with Crippen LogP contribution < -0.4 is 10.1 Å². The number of aromatic nitrogens is 1. The minimum atomic E-state index is -2.86. The highest BCUT2D eigenvalue weighted by Crippen LogP contribution is 2.28. The smallest absolute Gasteiger partial charge is 0.387 e. The maximum atomic E-state index is 12.2. The third-order valence-corrected chi connectivity index (χ3v) is 2.52. The maximum absolute atomic E-state index is 12.2. The van der Waals surface area contributed by atoms with E-state index in [1.54, 1.807) is 36.4 Å². The highest BCUT2D eigenvalue weighted by Gasteiger charge is 2.09. The molecule has 94 valence electrons. The van der Waals surface area contributed by atoms with Crippen molar-refractivity contribution in [1.82, 2.24) is 4.98 Å².